The van der Waals surface area contributed by atoms with Crippen LogP contribution in [-0.2, 0) is 16.1 Å². The lowest BCUT2D eigenvalue weighted by Crippen LogP contribution is -2.14. The second-order valence-corrected chi connectivity index (χ2v) is 6.52. The van der Waals surface area contributed by atoms with E-state index in [0.29, 0.717) is 0 Å². The molecule has 0 unspecified atom stereocenters. The summed E-state index contributed by atoms with van der Waals surface area (Å²) >= 11 is 5.14. The average Bonchev–Trinajstić information content (AvgIpc) is 3.05. The molecule has 0 radical (unpaired) electrons. The molecule has 2 rings (SSSR count). The van der Waals surface area contributed by atoms with Crippen LogP contribution in [0.3, 0.4) is 0 Å². The molecule has 0 saturated heterocycles. The van der Waals surface area contributed by atoms with Gasteiger partial charge in [-0.05, 0) is 11.5 Å². The van der Waals surface area contributed by atoms with Crippen molar-refractivity contribution in [3.05, 3.63) is 40.2 Å². The van der Waals surface area contributed by atoms with Crippen LogP contribution in [0, 0.1) is 40.5 Å². The Kier molecular flexibility index (Phi) is 5.32. The molecule has 0 heterocycles. The van der Waals surface area contributed by atoms with Crippen molar-refractivity contribution in [3.8, 4) is 5.75 Å². The number of methoxy groups -OCH3 is 1. The number of ether oxygens (including phenoxy) is 2. The van der Waals surface area contributed by atoms with Crippen molar-refractivity contribution in [3.63, 3.8) is 0 Å². The standard InChI is InChI=1S/C16H14ClF5O3/c1-16(2)7(4-8(17)18)9(16)15(23)25-5-6-10(19)12(21)14(24-3)13(22)11(6)20/h4,7,9H,5H2,1-3H3/t7-,9+/m0/s1. The first-order valence-corrected chi connectivity index (χ1v) is 7.50. The van der Waals surface area contributed by atoms with Gasteiger partial charge >= 0.3 is 5.97 Å². The highest BCUT2D eigenvalue weighted by atomic mass is 35.5. The smallest absolute Gasteiger partial charge is 0.310 e. The van der Waals surface area contributed by atoms with Crippen molar-refractivity contribution in [2.45, 2.75) is 20.5 Å². The van der Waals surface area contributed by atoms with Crippen molar-refractivity contribution >= 4 is 17.6 Å². The number of hydrogen-bond acceptors (Lipinski definition) is 3. The fraction of sp³-hybridized carbons (Fsp3) is 0.438. The highest BCUT2D eigenvalue weighted by molar-refractivity contribution is 6.28. The van der Waals surface area contributed by atoms with Crippen LogP contribution in [0.15, 0.2) is 11.4 Å². The zero-order chi connectivity index (χ0) is 19.1. The number of benzene rings is 1. The molecule has 0 bridgehead atoms. The van der Waals surface area contributed by atoms with Gasteiger partial charge < -0.3 is 9.47 Å². The molecule has 9 heteroatoms. The number of carbonyl (C=O) groups excluding carboxylic acids is 1. The minimum Gasteiger partial charge on any atom is -0.491 e. The molecule has 3 nitrogen and oxygen atoms in total. The fourth-order valence-corrected chi connectivity index (χ4v) is 2.91. The Morgan fingerprint density at radius 3 is 2.12 bits per heavy atom. The predicted octanol–water partition coefficient (Wildman–Crippen LogP) is 4.62. The highest BCUT2D eigenvalue weighted by Gasteiger charge is 2.61. The van der Waals surface area contributed by atoms with Gasteiger partial charge in [0.15, 0.2) is 22.7 Å². The summed E-state index contributed by atoms with van der Waals surface area (Å²) in [5, 5.41) is -0.996. The molecular formula is C16H14ClF5O3. The quantitative estimate of drug-likeness (QED) is 0.422. The molecule has 0 aliphatic heterocycles. The average molecular weight is 385 g/mol. The summed E-state index contributed by atoms with van der Waals surface area (Å²) in [4.78, 5) is 12.0. The van der Waals surface area contributed by atoms with E-state index in [1.165, 1.54) is 0 Å². The van der Waals surface area contributed by atoms with Crippen LogP contribution in [0.1, 0.15) is 19.4 Å². The first-order chi connectivity index (χ1) is 11.5. The third kappa shape index (κ3) is 3.44. The lowest BCUT2D eigenvalue weighted by molar-refractivity contribution is -0.147. The van der Waals surface area contributed by atoms with Crippen molar-refractivity contribution in [2.24, 2.45) is 17.3 Å². The Hall–Kier alpha value is -1.83. The third-order valence-electron chi connectivity index (χ3n) is 4.35. The zero-order valence-electron chi connectivity index (χ0n) is 13.4. The van der Waals surface area contributed by atoms with Crippen LogP contribution in [0.25, 0.3) is 0 Å². The molecule has 0 amide bonds. The first kappa shape index (κ1) is 19.5. The Balaban J connectivity index is 2.18. The number of rotatable bonds is 5. The minimum atomic E-state index is -1.73. The van der Waals surface area contributed by atoms with Gasteiger partial charge in [-0.1, -0.05) is 25.4 Å². The van der Waals surface area contributed by atoms with Crippen molar-refractivity contribution in [1.29, 1.82) is 0 Å². The summed E-state index contributed by atoms with van der Waals surface area (Å²) in [7, 11) is 0.846. The molecule has 1 aromatic rings. The maximum atomic E-state index is 13.8. The van der Waals surface area contributed by atoms with E-state index in [0.717, 1.165) is 13.2 Å². The Morgan fingerprint density at radius 1 is 1.16 bits per heavy atom. The van der Waals surface area contributed by atoms with E-state index in [-0.39, 0.29) is 0 Å². The lowest BCUT2D eigenvalue weighted by Gasteiger charge is -2.11. The fourth-order valence-electron chi connectivity index (χ4n) is 2.77. The van der Waals surface area contributed by atoms with Gasteiger partial charge in [0.25, 0.3) is 0 Å². The van der Waals surface area contributed by atoms with Crippen LogP contribution in [0.4, 0.5) is 22.0 Å². The van der Waals surface area contributed by atoms with Crippen LogP contribution < -0.4 is 4.74 Å². The van der Waals surface area contributed by atoms with E-state index in [1.54, 1.807) is 13.8 Å². The van der Waals surface area contributed by atoms with E-state index in [9.17, 15) is 26.7 Å². The van der Waals surface area contributed by atoms with Gasteiger partial charge in [-0.3, -0.25) is 4.79 Å². The van der Waals surface area contributed by atoms with Gasteiger partial charge in [-0.25, -0.2) is 8.78 Å². The summed E-state index contributed by atoms with van der Waals surface area (Å²) in [5.41, 5.74) is -1.75. The molecule has 1 fully saturated rings. The third-order valence-corrected chi connectivity index (χ3v) is 4.47. The Labute approximate surface area is 145 Å². The van der Waals surface area contributed by atoms with E-state index in [4.69, 9.17) is 16.3 Å². The van der Waals surface area contributed by atoms with Crippen LogP contribution in [-0.4, -0.2) is 13.1 Å². The number of esters is 1. The largest absolute Gasteiger partial charge is 0.491 e. The van der Waals surface area contributed by atoms with Crippen LogP contribution >= 0.6 is 11.6 Å². The van der Waals surface area contributed by atoms with E-state index in [1.807, 2.05) is 0 Å². The van der Waals surface area contributed by atoms with Crippen LogP contribution in [0.5, 0.6) is 5.75 Å². The Bertz CT molecular complexity index is 715. The monoisotopic (exact) mass is 384 g/mol. The lowest BCUT2D eigenvalue weighted by atomic mass is 10.1. The van der Waals surface area contributed by atoms with Gasteiger partial charge in [0.05, 0.1) is 18.6 Å². The molecule has 0 aromatic heterocycles. The molecule has 1 saturated carbocycles. The van der Waals surface area contributed by atoms with Gasteiger partial charge in [-0.2, -0.15) is 13.2 Å². The zero-order valence-corrected chi connectivity index (χ0v) is 14.2. The Morgan fingerprint density at radius 2 is 1.68 bits per heavy atom. The summed E-state index contributed by atoms with van der Waals surface area (Å²) in [6.07, 6.45) is 1.03. The van der Waals surface area contributed by atoms with E-state index >= 15 is 0 Å². The molecule has 1 aliphatic carbocycles. The van der Waals surface area contributed by atoms with Gasteiger partial charge in [0.2, 0.25) is 11.6 Å². The van der Waals surface area contributed by atoms with Crippen molar-refractivity contribution in [2.75, 3.05) is 7.11 Å². The summed E-state index contributed by atoms with van der Waals surface area (Å²) < 4.78 is 76.7. The summed E-state index contributed by atoms with van der Waals surface area (Å²) in [5.74, 6) is -10.4. The maximum Gasteiger partial charge on any atom is 0.310 e. The molecule has 1 aromatic carbocycles. The number of halogens is 6. The van der Waals surface area contributed by atoms with Gasteiger partial charge in [0.1, 0.15) is 6.61 Å². The van der Waals surface area contributed by atoms with Gasteiger partial charge in [-0.15, -0.1) is 0 Å². The molecule has 2 atom stereocenters. The molecule has 138 valence electrons. The molecule has 1 aliphatic rings. The van der Waals surface area contributed by atoms with E-state index < -0.39 is 69.7 Å². The van der Waals surface area contributed by atoms with E-state index in [2.05, 4.69) is 4.74 Å². The number of carbonyl (C=O) groups is 1. The normalized spacial score (nSPS) is 21.9. The predicted molar refractivity (Wildman–Crippen MR) is 78.4 cm³/mol. The maximum absolute atomic E-state index is 13.8. The first-order valence-electron chi connectivity index (χ1n) is 7.12. The molecule has 25 heavy (non-hydrogen) atoms. The molecule has 0 spiro atoms. The second-order valence-electron chi connectivity index (χ2n) is 6.16. The number of allylic oxidation sites excluding steroid dienone is 1. The summed E-state index contributed by atoms with van der Waals surface area (Å²) in [6.45, 7) is 2.27. The second kappa shape index (κ2) is 6.82. The van der Waals surface area contributed by atoms with Crippen LogP contribution in [0.2, 0.25) is 0 Å². The summed E-state index contributed by atoms with van der Waals surface area (Å²) in [6, 6.07) is 0. The highest BCUT2D eigenvalue weighted by Crippen LogP contribution is 2.60. The van der Waals surface area contributed by atoms with Crippen molar-refractivity contribution < 1.29 is 36.2 Å². The number of hydrogen-bond donors (Lipinski definition) is 0. The topological polar surface area (TPSA) is 35.5 Å². The minimum absolute atomic E-state index is 0.559. The SMILES string of the molecule is COc1c(F)c(F)c(COC(=O)[C@H]2[C@H](C=C(F)Cl)C2(C)C)c(F)c1F. The molecular weight excluding hydrogens is 371 g/mol. The molecule has 0 N–H and O–H groups in total. The van der Waals surface area contributed by atoms with Crippen molar-refractivity contribution in [1.82, 2.24) is 0 Å². The van der Waals surface area contributed by atoms with Gasteiger partial charge in [0, 0.05) is 5.92 Å².